The van der Waals surface area contributed by atoms with Crippen LogP contribution in [0.1, 0.15) is 27.0 Å². The summed E-state index contributed by atoms with van der Waals surface area (Å²) in [6, 6.07) is 20.3. The summed E-state index contributed by atoms with van der Waals surface area (Å²) in [5.41, 5.74) is 3.94. The lowest BCUT2D eigenvalue weighted by molar-refractivity contribution is -0.114. The Labute approximate surface area is 190 Å². The van der Waals surface area contributed by atoms with Gasteiger partial charge in [-0.1, -0.05) is 30.3 Å². The first-order chi connectivity index (χ1) is 15.8. The number of rotatable bonds is 5. The summed E-state index contributed by atoms with van der Waals surface area (Å²) in [7, 11) is -3.77. The van der Waals surface area contributed by atoms with Crippen molar-refractivity contribution in [1.29, 1.82) is 5.26 Å². The molecule has 2 amide bonds. The highest BCUT2D eigenvalue weighted by atomic mass is 32.2. The van der Waals surface area contributed by atoms with E-state index in [1.54, 1.807) is 48.5 Å². The topological polar surface area (TPSA) is 142 Å². The number of fused-ring (bicyclic) bond motifs is 1. The molecular weight excluding hydrogens is 440 g/mol. The van der Waals surface area contributed by atoms with Crippen LogP contribution in [0.4, 0.5) is 0 Å². The van der Waals surface area contributed by atoms with Gasteiger partial charge in [0.25, 0.3) is 11.8 Å². The molecular formula is C24H18N4O4S. The van der Waals surface area contributed by atoms with Gasteiger partial charge in [0.1, 0.15) is 0 Å². The van der Waals surface area contributed by atoms with Crippen molar-refractivity contribution in [2.75, 3.05) is 0 Å². The summed E-state index contributed by atoms with van der Waals surface area (Å²) in [6.45, 7) is 0.314. The Morgan fingerprint density at radius 2 is 1.67 bits per heavy atom. The molecule has 0 spiro atoms. The summed E-state index contributed by atoms with van der Waals surface area (Å²) in [5, 5.41) is 19.6. The standard InChI is InChI=1S/C24H18N4O4S/c25-12-16-2-1-3-17(10-16)18-6-9-20-21(11-18)22(24(30)28-23(20)29)14-27-13-15-4-7-19(8-5-15)33(26,31)32/h1-11,14,27H,13H2,(H2,26,31,32)(H,28,29,30). The largest absolute Gasteiger partial charge is 0.386 e. The van der Waals surface area contributed by atoms with E-state index in [0.29, 0.717) is 23.2 Å². The number of carbonyl (C=O) groups is 2. The Bertz CT molecular complexity index is 1450. The molecule has 3 aromatic carbocycles. The van der Waals surface area contributed by atoms with Gasteiger partial charge in [0.15, 0.2) is 0 Å². The van der Waals surface area contributed by atoms with Crippen LogP contribution in [0.15, 0.2) is 77.8 Å². The molecule has 8 nitrogen and oxygen atoms in total. The molecule has 0 atom stereocenters. The van der Waals surface area contributed by atoms with Crippen LogP contribution in [0.25, 0.3) is 16.7 Å². The molecule has 0 saturated carbocycles. The minimum Gasteiger partial charge on any atom is -0.386 e. The van der Waals surface area contributed by atoms with Gasteiger partial charge in [-0.3, -0.25) is 14.9 Å². The van der Waals surface area contributed by atoms with Gasteiger partial charge in [-0.25, -0.2) is 13.6 Å². The Morgan fingerprint density at radius 3 is 2.36 bits per heavy atom. The zero-order valence-corrected chi connectivity index (χ0v) is 18.0. The first kappa shape index (κ1) is 22.0. The Hall–Kier alpha value is -4.26. The average Bonchev–Trinajstić information content (AvgIpc) is 2.80. The molecule has 1 heterocycles. The van der Waals surface area contributed by atoms with E-state index in [2.05, 4.69) is 16.7 Å². The van der Waals surface area contributed by atoms with E-state index in [-0.39, 0.29) is 10.5 Å². The number of carbonyl (C=O) groups excluding carboxylic acids is 2. The molecule has 33 heavy (non-hydrogen) atoms. The van der Waals surface area contributed by atoms with Crippen LogP contribution in [0.5, 0.6) is 0 Å². The van der Waals surface area contributed by atoms with E-state index in [1.807, 2.05) is 6.07 Å². The van der Waals surface area contributed by atoms with Crippen LogP contribution < -0.4 is 15.8 Å². The van der Waals surface area contributed by atoms with Crippen LogP contribution in [0.2, 0.25) is 0 Å². The third-order valence-electron chi connectivity index (χ3n) is 5.16. The maximum atomic E-state index is 12.5. The van der Waals surface area contributed by atoms with Gasteiger partial charge in [0.05, 0.1) is 22.1 Å². The monoisotopic (exact) mass is 458 g/mol. The number of primary sulfonamides is 1. The summed E-state index contributed by atoms with van der Waals surface area (Å²) < 4.78 is 22.7. The number of nitrogens with one attached hydrogen (secondary N) is 2. The second-order valence-corrected chi connectivity index (χ2v) is 8.93. The number of hydrogen-bond donors (Lipinski definition) is 3. The van der Waals surface area contributed by atoms with E-state index >= 15 is 0 Å². The van der Waals surface area contributed by atoms with Crippen molar-refractivity contribution in [2.24, 2.45) is 5.14 Å². The van der Waals surface area contributed by atoms with Crippen molar-refractivity contribution >= 4 is 27.4 Å². The number of nitrogens with two attached hydrogens (primary N) is 1. The minimum absolute atomic E-state index is 0.0108. The molecule has 9 heteroatoms. The SMILES string of the molecule is N#Cc1cccc(-c2ccc3c(c2)C(=CNCc2ccc(S(N)(=O)=O)cc2)C(=O)NC3=O)c1. The minimum atomic E-state index is -3.77. The second kappa shape index (κ2) is 8.70. The van der Waals surface area contributed by atoms with Gasteiger partial charge in [-0.05, 0) is 53.1 Å². The van der Waals surface area contributed by atoms with E-state index < -0.39 is 21.8 Å². The lowest BCUT2D eigenvalue weighted by Gasteiger charge is -2.19. The number of amides is 2. The van der Waals surface area contributed by atoms with Crippen LogP contribution in [-0.2, 0) is 21.4 Å². The highest BCUT2D eigenvalue weighted by Crippen LogP contribution is 2.30. The fraction of sp³-hybridized carbons (Fsp3) is 0.0417. The molecule has 0 saturated heterocycles. The number of nitrogens with zero attached hydrogens (tertiary/aromatic N) is 1. The molecule has 0 aromatic heterocycles. The molecule has 0 radical (unpaired) electrons. The van der Waals surface area contributed by atoms with Crippen molar-refractivity contribution in [3.8, 4) is 17.2 Å². The highest BCUT2D eigenvalue weighted by molar-refractivity contribution is 7.89. The molecule has 3 aromatic rings. The third-order valence-corrected chi connectivity index (χ3v) is 6.08. The molecule has 1 aliphatic rings. The van der Waals surface area contributed by atoms with Gasteiger partial charge in [0.2, 0.25) is 10.0 Å². The van der Waals surface area contributed by atoms with Crippen LogP contribution >= 0.6 is 0 Å². The average molecular weight is 458 g/mol. The molecule has 4 rings (SSSR count). The molecule has 0 bridgehead atoms. The van der Waals surface area contributed by atoms with E-state index in [9.17, 15) is 18.0 Å². The van der Waals surface area contributed by atoms with E-state index in [0.717, 1.165) is 16.7 Å². The first-order valence-electron chi connectivity index (χ1n) is 9.82. The zero-order valence-electron chi connectivity index (χ0n) is 17.2. The van der Waals surface area contributed by atoms with Crippen molar-refractivity contribution in [2.45, 2.75) is 11.4 Å². The van der Waals surface area contributed by atoms with Crippen molar-refractivity contribution < 1.29 is 18.0 Å². The van der Waals surface area contributed by atoms with Gasteiger partial charge in [-0.2, -0.15) is 5.26 Å². The molecule has 1 aliphatic heterocycles. The summed E-state index contributed by atoms with van der Waals surface area (Å²) in [4.78, 5) is 24.9. The fourth-order valence-corrected chi connectivity index (χ4v) is 4.00. The van der Waals surface area contributed by atoms with Gasteiger partial charge < -0.3 is 5.32 Å². The number of nitriles is 1. The fourth-order valence-electron chi connectivity index (χ4n) is 3.48. The lowest BCUT2D eigenvalue weighted by Crippen LogP contribution is -2.37. The van der Waals surface area contributed by atoms with Gasteiger partial charge in [0, 0.05) is 23.9 Å². The van der Waals surface area contributed by atoms with Crippen molar-refractivity contribution in [3.63, 3.8) is 0 Å². The van der Waals surface area contributed by atoms with Gasteiger partial charge >= 0.3 is 0 Å². The number of benzene rings is 3. The highest BCUT2D eigenvalue weighted by Gasteiger charge is 2.27. The van der Waals surface area contributed by atoms with Crippen LogP contribution in [0, 0.1) is 11.3 Å². The second-order valence-electron chi connectivity index (χ2n) is 7.36. The third kappa shape index (κ3) is 4.67. The zero-order chi connectivity index (χ0) is 23.6. The molecule has 0 aliphatic carbocycles. The molecule has 0 unspecified atom stereocenters. The van der Waals surface area contributed by atoms with Crippen molar-refractivity contribution in [1.82, 2.24) is 10.6 Å². The number of hydrogen-bond acceptors (Lipinski definition) is 6. The Balaban J connectivity index is 1.63. The smallest absolute Gasteiger partial charge is 0.260 e. The molecule has 0 fully saturated rings. The Morgan fingerprint density at radius 1 is 0.939 bits per heavy atom. The lowest BCUT2D eigenvalue weighted by atomic mass is 9.91. The maximum Gasteiger partial charge on any atom is 0.260 e. The Kier molecular flexibility index (Phi) is 5.79. The van der Waals surface area contributed by atoms with E-state index in [1.165, 1.54) is 18.3 Å². The summed E-state index contributed by atoms with van der Waals surface area (Å²) in [5.74, 6) is -1.02. The predicted octanol–water partition coefficient (Wildman–Crippen LogP) is 2.27. The summed E-state index contributed by atoms with van der Waals surface area (Å²) >= 11 is 0. The van der Waals surface area contributed by atoms with Crippen molar-refractivity contribution in [3.05, 3.63) is 95.2 Å². The summed E-state index contributed by atoms with van der Waals surface area (Å²) in [6.07, 6.45) is 1.52. The normalized spacial score (nSPS) is 14.4. The quantitative estimate of drug-likeness (QED) is 0.395. The molecule has 4 N–H and O–H groups in total. The number of imide groups is 1. The first-order valence-corrected chi connectivity index (χ1v) is 11.4. The van der Waals surface area contributed by atoms with Crippen LogP contribution in [-0.4, -0.2) is 20.2 Å². The number of sulfonamides is 1. The maximum absolute atomic E-state index is 12.5. The van der Waals surface area contributed by atoms with Crippen LogP contribution in [0.3, 0.4) is 0 Å². The predicted molar refractivity (Wildman–Crippen MR) is 122 cm³/mol. The molecule has 164 valence electrons. The van der Waals surface area contributed by atoms with E-state index in [4.69, 9.17) is 10.4 Å². The van der Waals surface area contributed by atoms with Gasteiger partial charge in [-0.15, -0.1) is 0 Å².